The van der Waals surface area contributed by atoms with Crippen LogP contribution in [0.2, 0.25) is 0 Å². The maximum absolute atomic E-state index is 12.2. The average Bonchev–Trinajstić information content (AvgIpc) is 2.90. The van der Waals surface area contributed by atoms with Crippen molar-refractivity contribution in [3.63, 3.8) is 0 Å². The second kappa shape index (κ2) is 5.92. The molecule has 0 radical (unpaired) electrons. The number of likely N-dealkylation sites (tertiary alicyclic amines) is 1. The third-order valence-corrected chi connectivity index (χ3v) is 4.69. The predicted octanol–water partition coefficient (Wildman–Crippen LogP) is 2.42. The largest absolute Gasteiger partial charge is 0.358 e. The standard InChI is InChI=1S/C13H17ClN2O2S/c1-11-4-6-12(7-5-11)19(17,18)15-13(10-14)16-8-2-3-9-16/h4-7H,2-3,8-10H2,1H3/b15-13+. The molecule has 1 aromatic carbocycles. The number of alkyl halides is 1. The lowest BCUT2D eigenvalue weighted by Gasteiger charge is -2.17. The molecule has 0 amide bonds. The minimum Gasteiger partial charge on any atom is -0.358 e. The number of amidine groups is 1. The van der Waals surface area contributed by atoms with Crippen LogP contribution in [-0.4, -0.2) is 38.1 Å². The highest BCUT2D eigenvalue weighted by molar-refractivity contribution is 7.90. The first-order chi connectivity index (χ1) is 9.03. The number of benzene rings is 1. The maximum Gasteiger partial charge on any atom is 0.283 e. The lowest BCUT2D eigenvalue weighted by atomic mass is 10.2. The Hall–Kier alpha value is -1.07. The lowest BCUT2D eigenvalue weighted by Crippen LogP contribution is -2.30. The van der Waals surface area contributed by atoms with E-state index >= 15 is 0 Å². The summed E-state index contributed by atoms with van der Waals surface area (Å²) in [6, 6.07) is 6.67. The molecule has 1 aliphatic rings. The van der Waals surface area contributed by atoms with Gasteiger partial charge in [0.15, 0.2) is 0 Å². The summed E-state index contributed by atoms with van der Waals surface area (Å²) in [5.74, 6) is 0.560. The molecule has 1 heterocycles. The minimum absolute atomic E-state index is 0.116. The fraction of sp³-hybridized carbons (Fsp3) is 0.462. The molecule has 0 aromatic heterocycles. The van der Waals surface area contributed by atoms with Crippen LogP contribution in [0.25, 0.3) is 0 Å². The van der Waals surface area contributed by atoms with Crippen LogP contribution in [0, 0.1) is 6.92 Å². The van der Waals surface area contributed by atoms with Gasteiger partial charge < -0.3 is 4.90 Å². The Balaban J connectivity index is 2.30. The molecule has 0 unspecified atom stereocenters. The van der Waals surface area contributed by atoms with Gasteiger partial charge in [0.2, 0.25) is 0 Å². The van der Waals surface area contributed by atoms with E-state index in [0.717, 1.165) is 31.5 Å². The van der Waals surface area contributed by atoms with E-state index < -0.39 is 10.0 Å². The monoisotopic (exact) mass is 300 g/mol. The Morgan fingerprint density at radius 2 is 1.84 bits per heavy atom. The van der Waals surface area contributed by atoms with E-state index in [9.17, 15) is 8.42 Å². The summed E-state index contributed by atoms with van der Waals surface area (Å²) < 4.78 is 28.3. The zero-order chi connectivity index (χ0) is 13.9. The molecule has 0 N–H and O–H groups in total. The number of halogens is 1. The van der Waals surface area contributed by atoms with Crippen LogP contribution >= 0.6 is 11.6 Å². The van der Waals surface area contributed by atoms with Crippen molar-refractivity contribution < 1.29 is 8.42 Å². The van der Waals surface area contributed by atoms with E-state index in [2.05, 4.69) is 4.40 Å². The summed E-state index contributed by atoms with van der Waals surface area (Å²) in [6.07, 6.45) is 2.11. The van der Waals surface area contributed by atoms with Gasteiger partial charge in [0, 0.05) is 13.1 Å². The van der Waals surface area contributed by atoms with E-state index in [1.165, 1.54) is 0 Å². The first-order valence-corrected chi connectivity index (χ1v) is 8.22. The summed E-state index contributed by atoms with van der Waals surface area (Å²) in [5, 5.41) is 0. The number of aryl methyl sites for hydroxylation is 1. The van der Waals surface area contributed by atoms with E-state index in [1.807, 2.05) is 11.8 Å². The fourth-order valence-electron chi connectivity index (χ4n) is 2.04. The number of hydrogen-bond acceptors (Lipinski definition) is 2. The topological polar surface area (TPSA) is 49.7 Å². The van der Waals surface area contributed by atoms with Gasteiger partial charge in [-0.25, -0.2) is 0 Å². The van der Waals surface area contributed by atoms with Crippen LogP contribution in [-0.2, 0) is 10.0 Å². The molecule has 0 aliphatic carbocycles. The van der Waals surface area contributed by atoms with Crippen LogP contribution in [0.5, 0.6) is 0 Å². The summed E-state index contributed by atoms with van der Waals surface area (Å²) in [7, 11) is -3.66. The number of hydrogen-bond donors (Lipinski definition) is 0. The molecule has 0 spiro atoms. The van der Waals surface area contributed by atoms with E-state index in [4.69, 9.17) is 11.6 Å². The Labute approximate surface area is 119 Å². The van der Waals surface area contributed by atoms with Gasteiger partial charge in [0.1, 0.15) is 5.84 Å². The minimum atomic E-state index is -3.66. The van der Waals surface area contributed by atoms with Gasteiger partial charge in [-0.3, -0.25) is 0 Å². The zero-order valence-electron chi connectivity index (χ0n) is 10.8. The third-order valence-electron chi connectivity index (χ3n) is 3.14. The summed E-state index contributed by atoms with van der Waals surface area (Å²) in [6.45, 7) is 3.57. The van der Waals surface area contributed by atoms with Crippen LogP contribution in [0.1, 0.15) is 18.4 Å². The molecule has 1 saturated heterocycles. The molecule has 1 aromatic rings. The Bertz CT molecular complexity index is 561. The normalized spacial score (nSPS) is 16.9. The highest BCUT2D eigenvalue weighted by Gasteiger charge is 2.20. The van der Waals surface area contributed by atoms with Gasteiger partial charge in [-0.1, -0.05) is 17.7 Å². The van der Waals surface area contributed by atoms with Gasteiger partial charge in [-0.15, -0.1) is 16.0 Å². The third kappa shape index (κ3) is 3.48. The molecule has 1 fully saturated rings. The fourth-order valence-corrected chi connectivity index (χ4v) is 3.39. The van der Waals surface area contributed by atoms with Crippen molar-refractivity contribution in [3.05, 3.63) is 29.8 Å². The molecular weight excluding hydrogens is 284 g/mol. The lowest BCUT2D eigenvalue weighted by molar-refractivity contribution is 0.516. The first-order valence-electron chi connectivity index (χ1n) is 6.24. The van der Waals surface area contributed by atoms with Crippen molar-refractivity contribution in [1.29, 1.82) is 0 Å². The number of rotatable bonds is 3. The Kier molecular flexibility index (Phi) is 4.47. The van der Waals surface area contributed by atoms with Gasteiger partial charge in [0.25, 0.3) is 10.0 Å². The van der Waals surface area contributed by atoms with Crippen molar-refractivity contribution in [2.75, 3.05) is 19.0 Å². The van der Waals surface area contributed by atoms with Crippen molar-refractivity contribution in [2.24, 2.45) is 4.40 Å². The highest BCUT2D eigenvalue weighted by atomic mass is 35.5. The van der Waals surface area contributed by atoms with E-state index in [0.29, 0.717) is 5.84 Å². The summed E-state index contributed by atoms with van der Waals surface area (Å²) >= 11 is 5.83. The molecule has 0 bridgehead atoms. The molecule has 19 heavy (non-hydrogen) atoms. The predicted molar refractivity (Wildman–Crippen MR) is 77.3 cm³/mol. The first kappa shape index (κ1) is 14.3. The second-order valence-corrected chi connectivity index (χ2v) is 6.49. The molecule has 104 valence electrons. The second-order valence-electron chi connectivity index (χ2n) is 4.62. The molecule has 4 nitrogen and oxygen atoms in total. The van der Waals surface area contributed by atoms with Crippen LogP contribution in [0.4, 0.5) is 0 Å². The Morgan fingerprint density at radius 3 is 2.37 bits per heavy atom. The molecule has 0 saturated carbocycles. The van der Waals surface area contributed by atoms with E-state index in [-0.39, 0.29) is 10.8 Å². The molecule has 6 heteroatoms. The summed E-state index contributed by atoms with van der Waals surface area (Å²) in [5.41, 5.74) is 1.01. The van der Waals surface area contributed by atoms with Crippen molar-refractivity contribution in [2.45, 2.75) is 24.7 Å². The van der Waals surface area contributed by atoms with Crippen molar-refractivity contribution in [3.8, 4) is 0 Å². The van der Waals surface area contributed by atoms with Crippen LogP contribution in [0.15, 0.2) is 33.6 Å². The van der Waals surface area contributed by atoms with Gasteiger partial charge in [-0.05, 0) is 31.9 Å². The molecule has 1 aliphatic heterocycles. The average molecular weight is 301 g/mol. The molecule has 2 rings (SSSR count). The smallest absolute Gasteiger partial charge is 0.283 e. The maximum atomic E-state index is 12.2. The zero-order valence-corrected chi connectivity index (χ0v) is 12.4. The molecular formula is C13H17ClN2O2S. The number of nitrogens with zero attached hydrogens (tertiary/aromatic N) is 2. The van der Waals surface area contributed by atoms with Gasteiger partial charge in [0.05, 0.1) is 10.8 Å². The highest BCUT2D eigenvalue weighted by Crippen LogP contribution is 2.16. The Morgan fingerprint density at radius 1 is 1.26 bits per heavy atom. The van der Waals surface area contributed by atoms with E-state index in [1.54, 1.807) is 24.3 Å². The van der Waals surface area contributed by atoms with Gasteiger partial charge in [-0.2, -0.15) is 8.42 Å². The summed E-state index contributed by atoms with van der Waals surface area (Å²) in [4.78, 5) is 2.15. The molecule has 0 atom stereocenters. The van der Waals surface area contributed by atoms with Gasteiger partial charge >= 0.3 is 0 Å². The van der Waals surface area contributed by atoms with Crippen LogP contribution in [0.3, 0.4) is 0 Å². The van der Waals surface area contributed by atoms with Crippen LogP contribution < -0.4 is 0 Å². The van der Waals surface area contributed by atoms with Crippen molar-refractivity contribution >= 4 is 27.5 Å². The quantitative estimate of drug-likeness (QED) is 0.489. The SMILES string of the molecule is Cc1ccc(S(=O)(=O)/N=C(\CCl)N2CCCC2)cc1. The number of sulfonamides is 1. The van der Waals surface area contributed by atoms with Crippen molar-refractivity contribution in [1.82, 2.24) is 4.90 Å².